The summed E-state index contributed by atoms with van der Waals surface area (Å²) in [6.07, 6.45) is 4.98. The molecule has 3 heterocycles. The number of carbonyl (C=O) groups is 2. The maximum atomic E-state index is 15.3. The van der Waals surface area contributed by atoms with Crippen LogP contribution in [0.25, 0.3) is 0 Å². The van der Waals surface area contributed by atoms with E-state index in [1.807, 2.05) is 0 Å². The van der Waals surface area contributed by atoms with Gasteiger partial charge in [0.2, 0.25) is 23.4 Å². The Bertz CT molecular complexity index is 908. The Balaban J connectivity index is 1.39. The minimum atomic E-state index is -0.720. The molecule has 11 nitrogen and oxygen atoms in total. The number of hydrogen-bond acceptors (Lipinski definition) is 9. The molecular weight excluding hydrogens is 481 g/mol. The molecular formula is C22H33ClFN7O4. The fraction of sp³-hybridized carbons (Fsp3) is 0.727. The average molecular weight is 514 g/mol. The van der Waals surface area contributed by atoms with E-state index in [1.54, 1.807) is 4.90 Å². The second-order valence-corrected chi connectivity index (χ2v) is 10.2. The second kappa shape index (κ2) is 11.2. The molecule has 3 fully saturated rings. The van der Waals surface area contributed by atoms with Crippen LogP contribution in [0.4, 0.5) is 16.0 Å². The van der Waals surface area contributed by atoms with Crippen molar-refractivity contribution in [3.05, 3.63) is 11.1 Å². The van der Waals surface area contributed by atoms with Gasteiger partial charge in [-0.05, 0) is 30.9 Å². The number of halogens is 2. The van der Waals surface area contributed by atoms with Crippen molar-refractivity contribution < 1.29 is 23.9 Å². The molecule has 4 rings (SSSR count). The van der Waals surface area contributed by atoms with E-state index in [0.29, 0.717) is 43.7 Å². The van der Waals surface area contributed by atoms with Gasteiger partial charge in [-0.1, -0.05) is 25.7 Å². The smallest absolute Gasteiger partial charge is 0.243 e. The summed E-state index contributed by atoms with van der Waals surface area (Å²) in [4.78, 5) is 35.8. The fourth-order valence-corrected chi connectivity index (χ4v) is 5.50. The Morgan fingerprint density at radius 3 is 2.69 bits per heavy atom. The standard InChI is InChI=1S/C22H33ClFN7O4/c1-22(30-6-8-35-9-7-30)12-29(13-22)19-17(24)18(25-21(23)26-19)27-28-20(33)16(11-31(34)14-32)10-15-4-2-3-5-15/h14-16,34H,2-13H2,1H3,(H,28,33)(H,25,26,27). The van der Waals surface area contributed by atoms with Crippen LogP contribution in [0.2, 0.25) is 5.28 Å². The van der Waals surface area contributed by atoms with Crippen LogP contribution in [0.3, 0.4) is 0 Å². The molecule has 1 aromatic heterocycles. The molecule has 0 bridgehead atoms. The van der Waals surface area contributed by atoms with Gasteiger partial charge in [0.1, 0.15) is 0 Å². The van der Waals surface area contributed by atoms with E-state index < -0.39 is 17.6 Å². The summed E-state index contributed by atoms with van der Waals surface area (Å²) < 4.78 is 20.7. The van der Waals surface area contributed by atoms with E-state index in [0.717, 1.165) is 38.8 Å². The molecule has 13 heteroatoms. The van der Waals surface area contributed by atoms with Gasteiger partial charge in [-0.25, -0.2) is 5.06 Å². The lowest BCUT2D eigenvalue weighted by molar-refractivity contribution is -0.154. The number of hydrogen-bond donors (Lipinski definition) is 3. The van der Waals surface area contributed by atoms with Gasteiger partial charge in [-0.15, -0.1) is 0 Å². The number of nitrogens with zero attached hydrogens (tertiary/aromatic N) is 5. The Morgan fingerprint density at radius 2 is 2.03 bits per heavy atom. The number of nitrogens with one attached hydrogen (secondary N) is 2. The van der Waals surface area contributed by atoms with Crippen LogP contribution >= 0.6 is 11.6 Å². The third kappa shape index (κ3) is 6.11. The first kappa shape index (κ1) is 25.8. The number of ether oxygens (including phenoxy) is 1. The zero-order valence-corrected chi connectivity index (χ0v) is 20.6. The van der Waals surface area contributed by atoms with Crippen molar-refractivity contribution >= 4 is 35.6 Å². The Morgan fingerprint density at radius 1 is 1.34 bits per heavy atom. The number of hydrazine groups is 1. The number of rotatable bonds is 10. The highest BCUT2D eigenvalue weighted by molar-refractivity contribution is 6.28. The zero-order valence-electron chi connectivity index (χ0n) is 19.9. The van der Waals surface area contributed by atoms with Crippen molar-refractivity contribution in [1.82, 2.24) is 25.4 Å². The van der Waals surface area contributed by atoms with Gasteiger partial charge in [0.15, 0.2) is 11.6 Å². The normalized spacial score (nSPS) is 21.3. The summed E-state index contributed by atoms with van der Waals surface area (Å²) in [6.45, 7) is 6.14. The number of aromatic nitrogens is 2. The third-order valence-corrected chi connectivity index (χ3v) is 7.41. The molecule has 1 atom stereocenters. The number of anilines is 2. The molecule has 2 aliphatic heterocycles. The molecule has 3 N–H and O–H groups in total. The summed E-state index contributed by atoms with van der Waals surface area (Å²) >= 11 is 6.07. The van der Waals surface area contributed by atoms with Crippen LogP contribution in [-0.4, -0.2) is 88.9 Å². The van der Waals surface area contributed by atoms with Crippen molar-refractivity contribution in [3.63, 3.8) is 0 Å². The third-order valence-electron chi connectivity index (χ3n) is 7.24. The van der Waals surface area contributed by atoms with Gasteiger partial charge in [0, 0.05) is 26.2 Å². The van der Waals surface area contributed by atoms with Crippen molar-refractivity contribution in [2.75, 3.05) is 56.3 Å². The number of hydroxylamine groups is 2. The predicted octanol–water partition coefficient (Wildman–Crippen LogP) is 1.67. The van der Waals surface area contributed by atoms with Crippen molar-refractivity contribution in [2.24, 2.45) is 11.8 Å². The van der Waals surface area contributed by atoms with Crippen molar-refractivity contribution in [1.29, 1.82) is 0 Å². The highest BCUT2D eigenvalue weighted by Crippen LogP contribution is 2.35. The Kier molecular flexibility index (Phi) is 8.25. The van der Waals surface area contributed by atoms with E-state index >= 15 is 4.39 Å². The molecule has 3 aliphatic rings. The SMILES string of the molecule is CC1(N2CCOCC2)CN(c2nc(Cl)nc(NNC(=O)C(CC3CCCC3)CN(O)C=O)c2F)C1. The summed E-state index contributed by atoms with van der Waals surface area (Å²) in [5, 5.41) is 9.94. The van der Waals surface area contributed by atoms with Crippen molar-refractivity contribution in [3.8, 4) is 0 Å². The van der Waals surface area contributed by atoms with Gasteiger partial charge in [-0.2, -0.15) is 14.4 Å². The van der Waals surface area contributed by atoms with Crippen LogP contribution in [0, 0.1) is 17.7 Å². The van der Waals surface area contributed by atoms with Gasteiger partial charge in [-0.3, -0.25) is 30.5 Å². The molecule has 35 heavy (non-hydrogen) atoms. The van der Waals surface area contributed by atoms with Gasteiger partial charge in [0.25, 0.3) is 0 Å². The topological polar surface area (TPSA) is 123 Å². The van der Waals surface area contributed by atoms with E-state index in [4.69, 9.17) is 16.3 Å². The maximum absolute atomic E-state index is 15.3. The van der Waals surface area contributed by atoms with Gasteiger partial charge < -0.3 is 9.64 Å². The van der Waals surface area contributed by atoms with Crippen LogP contribution in [0.5, 0.6) is 0 Å². The first-order chi connectivity index (χ1) is 16.8. The monoisotopic (exact) mass is 513 g/mol. The van der Waals surface area contributed by atoms with E-state index in [2.05, 4.69) is 32.6 Å². The molecule has 0 aromatic carbocycles. The molecule has 2 amide bonds. The van der Waals surface area contributed by atoms with Gasteiger partial charge in [0.05, 0.1) is 31.2 Å². The minimum absolute atomic E-state index is 0.0671. The lowest BCUT2D eigenvalue weighted by Gasteiger charge is -2.55. The van der Waals surface area contributed by atoms with E-state index in [9.17, 15) is 14.8 Å². The summed E-state index contributed by atoms with van der Waals surface area (Å²) in [5.41, 5.74) is 4.88. The lowest BCUT2D eigenvalue weighted by atomic mass is 9.89. The number of morpholine rings is 1. The quantitative estimate of drug-likeness (QED) is 0.185. The van der Waals surface area contributed by atoms with Crippen molar-refractivity contribution in [2.45, 2.75) is 44.6 Å². The highest BCUT2D eigenvalue weighted by atomic mass is 35.5. The van der Waals surface area contributed by atoms with E-state index in [-0.39, 0.29) is 35.4 Å². The number of carbonyl (C=O) groups excluding carboxylic acids is 2. The molecule has 0 radical (unpaired) electrons. The summed E-state index contributed by atoms with van der Waals surface area (Å²) in [5.74, 6) is -1.69. The predicted molar refractivity (Wildman–Crippen MR) is 126 cm³/mol. The van der Waals surface area contributed by atoms with E-state index in [1.165, 1.54) is 0 Å². The summed E-state index contributed by atoms with van der Waals surface area (Å²) in [6, 6.07) is 0. The molecule has 1 unspecified atom stereocenters. The fourth-order valence-electron chi connectivity index (χ4n) is 5.33. The van der Waals surface area contributed by atoms with Crippen LogP contribution in [0.15, 0.2) is 0 Å². The first-order valence-electron chi connectivity index (χ1n) is 12.1. The maximum Gasteiger partial charge on any atom is 0.243 e. The van der Waals surface area contributed by atoms with Crippen LogP contribution in [-0.2, 0) is 14.3 Å². The molecule has 1 aliphatic carbocycles. The average Bonchev–Trinajstić information content (AvgIpc) is 3.35. The largest absolute Gasteiger partial charge is 0.379 e. The van der Waals surface area contributed by atoms with Gasteiger partial charge >= 0.3 is 0 Å². The molecule has 1 aromatic rings. The first-order valence-corrected chi connectivity index (χ1v) is 12.4. The zero-order chi connectivity index (χ0) is 25.0. The lowest BCUT2D eigenvalue weighted by Crippen LogP contribution is -2.70. The molecule has 1 saturated carbocycles. The summed E-state index contributed by atoms with van der Waals surface area (Å²) in [7, 11) is 0. The Hall–Kier alpha value is -2.28. The van der Waals surface area contributed by atoms with Crippen LogP contribution < -0.4 is 15.8 Å². The molecule has 0 spiro atoms. The number of amides is 2. The van der Waals surface area contributed by atoms with Crippen LogP contribution in [0.1, 0.15) is 39.0 Å². The molecule has 194 valence electrons. The highest BCUT2D eigenvalue weighted by Gasteiger charge is 2.45. The second-order valence-electron chi connectivity index (χ2n) is 9.86. The minimum Gasteiger partial charge on any atom is -0.379 e. The Labute approximate surface area is 208 Å². The molecule has 2 saturated heterocycles.